The van der Waals surface area contributed by atoms with E-state index in [9.17, 15) is 19.3 Å². The number of aromatic amines is 1. The molecule has 0 aliphatic rings. The number of benzene rings is 1. The Bertz CT molecular complexity index is 1020. The summed E-state index contributed by atoms with van der Waals surface area (Å²) in [7, 11) is 0. The number of aromatic nitrogens is 4. The van der Waals surface area contributed by atoms with Crippen LogP contribution in [0, 0.1) is 29.8 Å². The van der Waals surface area contributed by atoms with E-state index in [2.05, 4.69) is 20.6 Å². The number of nitrogens with zero attached hydrogens (tertiary/aromatic N) is 4. The monoisotopic (exact) mass is 392 g/mol. The molecule has 0 aliphatic heterocycles. The molecule has 2 heterocycles. The van der Waals surface area contributed by atoms with E-state index in [1.807, 2.05) is 0 Å². The molecule has 2 aromatic heterocycles. The molecule has 0 radical (unpaired) electrons. The minimum absolute atomic E-state index is 0.0677. The van der Waals surface area contributed by atoms with Crippen molar-refractivity contribution in [2.24, 2.45) is 0 Å². The number of halogens is 2. The molecule has 0 saturated carbocycles. The summed E-state index contributed by atoms with van der Waals surface area (Å²) in [5.74, 6) is -1.19. The third-order valence-electron chi connectivity index (χ3n) is 4.03. The van der Waals surface area contributed by atoms with Gasteiger partial charge in [0.15, 0.2) is 0 Å². The molecule has 27 heavy (non-hydrogen) atoms. The number of hydrogen-bond acceptors (Lipinski definition) is 5. The van der Waals surface area contributed by atoms with Gasteiger partial charge >= 0.3 is 5.69 Å². The first-order valence-electron chi connectivity index (χ1n) is 7.75. The molecule has 0 fully saturated rings. The highest BCUT2D eigenvalue weighted by Gasteiger charge is 2.25. The standard InChI is InChI=1S/C16H14ClFN6O3/c1-8-14(20-16(25)15-13(24(26)27)6-19-21-15)9(2)23(22-8)7-10-11(17)4-3-5-12(10)18/h3-6H,7H2,1-2H3,(H,19,21)(H,20,25). The van der Waals surface area contributed by atoms with Crippen LogP contribution in [0.25, 0.3) is 0 Å². The van der Waals surface area contributed by atoms with Gasteiger partial charge in [0.25, 0.3) is 5.91 Å². The second-order valence-electron chi connectivity index (χ2n) is 5.75. The van der Waals surface area contributed by atoms with Crippen LogP contribution < -0.4 is 5.32 Å². The molecular weight excluding hydrogens is 379 g/mol. The Hall–Kier alpha value is -3.27. The molecule has 0 spiro atoms. The molecule has 1 aromatic carbocycles. The summed E-state index contributed by atoms with van der Waals surface area (Å²) in [5.41, 5.74) is 0.943. The lowest BCUT2D eigenvalue weighted by molar-refractivity contribution is -0.385. The van der Waals surface area contributed by atoms with E-state index in [4.69, 9.17) is 11.6 Å². The third kappa shape index (κ3) is 3.51. The van der Waals surface area contributed by atoms with Crippen molar-refractivity contribution >= 4 is 28.9 Å². The molecule has 0 aliphatic carbocycles. The largest absolute Gasteiger partial charge is 0.319 e. The van der Waals surface area contributed by atoms with Crippen LogP contribution >= 0.6 is 11.6 Å². The number of anilines is 1. The smallest absolute Gasteiger partial charge is 0.317 e. The molecular formula is C16H14ClFN6O3. The number of amides is 1. The zero-order valence-corrected chi connectivity index (χ0v) is 15.0. The Balaban J connectivity index is 1.89. The maximum Gasteiger partial charge on any atom is 0.319 e. The summed E-state index contributed by atoms with van der Waals surface area (Å²) < 4.78 is 15.5. The van der Waals surface area contributed by atoms with Gasteiger partial charge in [0.1, 0.15) is 12.0 Å². The fourth-order valence-electron chi connectivity index (χ4n) is 2.63. The van der Waals surface area contributed by atoms with E-state index in [1.165, 1.54) is 16.8 Å². The summed E-state index contributed by atoms with van der Waals surface area (Å²) in [6.45, 7) is 3.41. The predicted molar refractivity (Wildman–Crippen MR) is 95.4 cm³/mol. The molecule has 0 atom stereocenters. The Morgan fingerprint density at radius 1 is 1.44 bits per heavy atom. The Morgan fingerprint density at radius 2 is 2.19 bits per heavy atom. The summed E-state index contributed by atoms with van der Waals surface area (Å²) in [4.78, 5) is 22.6. The minimum atomic E-state index is -0.728. The third-order valence-corrected chi connectivity index (χ3v) is 4.39. The van der Waals surface area contributed by atoms with Gasteiger partial charge in [0, 0.05) is 10.6 Å². The topological polar surface area (TPSA) is 119 Å². The van der Waals surface area contributed by atoms with Crippen molar-refractivity contribution in [1.82, 2.24) is 20.0 Å². The average molecular weight is 393 g/mol. The van der Waals surface area contributed by atoms with Crippen molar-refractivity contribution in [3.8, 4) is 0 Å². The number of carbonyl (C=O) groups is 1. The van der Waals surface area contributed by atoms with Crippen molar-refractivity contribution in [2.75, 3.05) is 5.32 Å². The number of aryl methyl sites for hydroxylation is 1. The van der Waals surface area contributed by atoms with Crippen LogP contribution in [0.1, 0.15) is 27.4 Å². The zero-order chi connectivity index (χ0) is 19.7. The van der Waals surface area contributed by atoms with E-state index in [0.29, 0.717) is 17.1 Å². The lowest BCUT2D eigenvalue weighted by Gasteiger charge is -2.09. The molecule has 140 valence electrons. The van der Waals surface area contributed by atoms with Crippen molar-refractivity contribution in [3.05, 3.63) is 68.0 Å². The second kappa shape index (κ2) is 7.16. The quantitative estimate of drug-likeness (QED) is 0.510. The SMILES string of the molecule is Cc1nn(Cc2c(F)cccc2Cl)c(C)c1NC(=O)c1[nH]ncc1[N+](=O)[O-]. The number of carbonyl (C=O) groups excluding carboxylic acids is 1. The highest BCUT2D eigenvalue weighted by atomic mass is 35.5. The Labute approximate surface area is 157 Å². The number of rotatable bonds is 5. The van der Waals surface area contributed by atoms with Crippen LogP contribution in [0.3, 0.4) is 0 Å². The molecule has 3 rings (SSSR count). The molecule has 0 bridgehead atoms. The lowest BCUT2D eigenvalue weighted by atomic mass is 10.2. The first-order chi connectivity index (χ1) is 12.8. The van der Waals surface area contributed by atoms with E-state index < -0.39 is 22.3 Å². The molecule has 2 N–H and O–H groups in total. The maximum absolute atomic E-state index is 14.0. The van der Waals surface area contributed by atoms with E-state index in [-0.39, 0.29) is 22.8 Å². The molecule has 9 nitrogen and oxygen atoms in total. The van der Waals surface area contributed by atoms with Gasteiger partial charge in [-0.3, -0.25) is 24.7 Å². The number of H-pyrrole nitrogens is 1. The Kier molecular flexibility index (Phi) is 4.91. The van der Waals surface area contributed by atoms with Crippen LogP contribution in [0.2, 0.25) is 5.02 Å². The highest BCUT2D eigenvalue weighted by molar-refractivity contribution is 6.31. The van der Waals surface area contributed by atoms with Crippen molar-refractivity contribution < 1.29 is 14.1 Å². The van der Waals surface area contributed by atoms with Crippen LogP contribution in [0.15, 0.2) is 24.4 Å². The molecule has 1 amide bonds. The van der Waals surface area contributed by atoms with Gasteiger partial charge in [-0.25, -0.2) is 4.39 Å². The fourth-order valence-corrected chi connectivity index (χ4v) is 2.85. The summed E-state index contributed by atoms with van der Waals surface area (Å²) in [6.07, 6.45) is 0.957. The molecule has 11 heteroatoms. The first kappa shape index (κ1) is 18.5. The van der Waals surface area contributed by atoms with Crippen molar-refractivity contribution in [1.29, 1.82) is 0 Å². The van der Waals surface area contributed by atoms with Gasteiger partial charge in [-0.15, -0.1) is 0 Å². The molecule has 0 unspecified atom stereocenters. The summed E-state index contributed by atoms with van der Waals surface area (Å²) in [5, 5.41) is 23.9. The predicted octanol–water partition coefficient (Wildman–Crippen LogP) is 3.22. The number of nitro groups is 1. The fraction of sp³-hybridized carbons (Fsp3) is 0.188. The highest BCUT2D eigenvalue weighted by Crippen LogP contribution is 2.25. The summed E-state index contributed by atoms with van der Waals surface area (Å²) >= 11 is 6.05. The van der Waals surface area contributed by atoms with E-state index >= 15 is 0 Å². The maximum atomic E-state index is 14.0. The van der Waals surface area contributed by atoms with Gasteiger partial charge < -0.3 is 5.32 Å². The lowest BCUT2D eigenvalue weighted by Crippen LogP contribution is -2.15. The van der Waals surface area contributed by atoms with Crippen molar-refractivity contribution in [2.45, 2.75) is 20.4 Å². The van der Waals surface area contributed by atoms with Gasteiger partial charge in [0.05, 0.1) is 28.5 Å². The van der Waals surface area contributed by atoms with Crippen LogP contribution in [-0.2, 0) is 6.54 Å². The van der Waals surface area contributed by atoms with Crippen molar-refractivity contribution in [3.63, 3.8) is 0 Å². The normalized spacial score (nSPS) is 10.8. The number of nitrogens with one attached hydrogen (secondary N) is 2. The first-order valence-corrected chi connectivity index (χ1v) is 8.13. The second-order valence-corrected chi connectivity index (χ2v) is 6.15. The average Bonchev–Trinajstić information content (AvgIpc) is 3.19. The zero-order valence-electron chi connectivity index (χ0n) is 14.3. The van der Waals surface area contributed by atoms with E-state index in [0.717, 1.165) is 6.20 Å². The molecule has 0 saturated heterocycles. The van der Waals surface area contributed by atoms with Crippen LogP contribution in [-0.4, -0.2) is 30.8 Å². The van der Waals surface area contributed by atoms with Gasteiger partial charge in [0.2, 0.25) is 5.69 Å². The Morgan fingerprint density at radius 3 is 2.85 bits per heavy atom. The van der Waals surface area contributed by atoms with Gasteiger partial charge in [-0.05, 0) is 26.0 Å². The van der Waals surface area contributed by atoms with E-state index in [1.54, 1.807) is 19.9 Å². The van der Waals surface area contributed by atoms with Gasteiger partial charge in [-0.1, -0.05) is 17.7 Å². The number of hydrogen-bond donors (Lipinski definition) is 2. The van der Waals surface area contributed by atoms with Crippen LogP contribution in [0.5, 0.6) is 0 Å². The molecule has 3 aromatic rings. The van der Waals surface area contributed by atoms with Gasteiger partial charge in [-0.2, -0.15) is 10.2 Å². The van der Waals surface area contributed by atoms with Crippen LogP contribution in [0.4, 0.5) is 15.8 Å². The minimum Gasteiger partial charge on any atom is -0.317 e. The summed E-state index contributed by atoms with van der Waals surface area (Å²) in [6, 6.07) is 4.38.